The molecule has 0 bridgehead atoms. The minimum atomic E-state index is -4.19. The zero-order valence-electron chi connectivity index (χ0n) is 9.97. The minimum absolute atomic E-state index is 0.202. The summed E-state index contributed by atoms with van der Waals surface area (Å²) in [6, 6.07) is 0.799. The Labute approximate surface area is 107 Å². The van der Waals surface area contributed by atoms with E-state index < -0.39 is 24.6 Å². The van der Waals surface area contributed by atoms with Crippen molar-refractivity contribution in [3.63, 3.8) is 0 Å². The van der Waals surface area contributed by atoms with E-state index in [9.17, 15) is 18.0 Å². The Kier molecular flexibility index (Phi) is 4.75. The molecular weight excluding hydrogens is 267 g/mol. The summed E-state index contributed by atoms with van der Waals surface area (Å²) in [6.45, 7) is 3.45. The van der Waals surface area contributed by atoms with Crippen LogP contribution in [0.4, 0.5) is 13.2 Å². The lowest BCUT2D eigenvalue weighted by Gasteiger charge is -2.15. The third-order valence-corrected chi connectivity index (χ3v) is 3.49. The number of carbonyl (C=O) groups is 1. The van der Waals surface area contributed by atoms with Gasteiger partial charge in [0.25, 0.3) is 0 Å². The van der Waals surface area contributed by atoms with Crippen molar-refractivity contribution in [1.29, 1.82) is 0 Å². The third-order valence-electron chi connectivity index (χ3n) is 2.41. The fraction of sp³-hybridized carbons (Fsp3) is 0.545. The van der Waals surface area contributed by atoms with E-state index in [2.05, 4.69) is 5.32 Å². The number of carboxylic acids is 1. The molecule has 2 N–H and O–H groups in total. The van der Waals surface area contributed by atoms with Crippen molar-refractivity contribution in [3.8, 4) is 0 Å². The Hall–Kier alpha value is -1.08. The number of alkyl halides is 3. The Bertz CT molecular complexity index is 428. The molecule has 1 atom stereocenters. The quantitative estimate of drug-likeness (QED) is 0.871. The zero-order valence-corrected chi connectivity index (χ0v) is 10.8. The van der Waals surface area contributed by atoms with Crippen LogP contribution in [0, 0.1) is 6.92 Å². The normalized spacial score (nSPS) is 13.6. The first-order chi connectivity index (χ1) is 8.19. The largest absolute Gasteiger partial charge is 0.477 e. The maximum atomic E-state index is 12.1. The van der Waals surface area contributed by atoms with Gasteiger partial charge in [-0.1, -0.05) is 0 Å². The SMILES string of the molecule is Cc1sc(C(=O)O)cc1CNC(C)CC(F)(F)F. The second-order valence-electron chi connectivity index (χ2n) is 4.10. The van der Waals surface area contributed by atoms with Crippen molar-refractivity contribution in [2.24, 2.45) is 0 Å². The maximum absolute atomic E-state index is 12.1. The lowest BCUT2D eigenvalue weighted by Crippen LogP contribution is -2.30. The number of carboxylic acid groups (broad SMARTS) is 1. The average Bonchev–Trinajstić information content (AvgIpc) is 2.54. The van der Waals surface area contributed by atoms with Crippen molar-refractivity contribution in [3.05, 3.63) is 21.4 Å². The molecule has 0 aliphatic carbocycles. The molecule has 18 heavy (non-hydrogen) atoms. The molecule has 0 radical (unpaired) electrons. The molecule has 1 aromatic rings. The van der Waals surface area contributed by atoms with Crippen LogP contribution in [0.15, 0.2) is 6.07 Å². The fourth-order valence-corrected chi connectivity index (χ4v) is 2.38. The second kappa shape index (κ2) is 5.71. The van der Waals surface area contributed by atoms with Gasteiger partial charge in [-0.2, -0.15) is 13.2 Å². The number of thiophene rings is 1. The predicted molar refractivity (Wildman–Crippen MR) is 63.0 cm³/mol. The van der Waals surface area contributed by atoms with Crippen molar-refractivity contribution < 1.29 is 23.1 Å². The number of nitrogens with one attached hydrogen (secondary N) is 1. The second-order valence-corrected chi connectivity index (χ2v) is 5.35. The van der Waals surface area contributed by atoms with Crippen LogP contribution >= 0.6 is 11.3 Å². The standard InChI is InChI=1S/C11H14F3NO2S/c1-6(4-11(12,13)14)15-5-8-3-9(10(16)17)18-7(8)2/h3,6,15H,4-5H2,1-2H3,(H,16,17). The van der Waals surface area contributed by atoms with Crippen LogP contribution in [0.5, 0.6) is 0 Å². The van der Waals surface area contributed by atoms with Crippen LogP contribution < -0.4 is 5.32 Å². The number of hydrogen-bond acceptors (Lipinski definition) is 3. The predicted octanol–water partition coefficient (Wildman–Crippen LogP) is 3.19. The van der Waals surface area contributed by atoms with Gasteiger partial charge in [-0.3, -0.25) is 0 Å². The van der Waals surface area contributed by atoms with Crippen molar-refractivity contribution in [2.75, 3.05) is 0 Å². The average molecular weight is 281 g/mol. The number of aromatic carboxylic acids is 1. The number of halogens is 3. The van der Waals surface area contributed by atoms with E-state index in [4.69, 9.17) is 5.11 Å². The van der Waals surface area contributed by atoms with Gasteiger partial charge in [-0.05, 0) is 25.5 Å². The Morgan fingerprint density at radius 1 is 1.56 bits per heavy atom. The Morgan fingerprint density at radius 2 is 2.17 bits per heavy atom. The van der Waals surface area contributed by atoms with Gasteiger partial charge in [-0.15, -0.1) is 11.3 Å². The molecule has 0 aliphatic heterocycles. The molecule has 0 saturated carbocycles. The van der Waals surface area contributed by atoms with Gasteiger partial charge in [0.15, 0.2) is 0 Å². The van der Waals surface area contributed by atoms with Crippen LogP contribution in [-0.2, 0) is 6.54 Å². The highest BCUT2D eigenvalue weighted by atomic mass is 32.1. The molecule has 7 heteroatoms. The summed E-state index contributed by atoms with van der Waals surface area (Å²) < 4.78 is 36.3. The van der Waals surface area contributed by atoms with E-state index in [-0.39, 0.29) is 11.4 Å². The summed E-state index contributed by atoms with van der Waals surface area (Å²) in [7, 11) is 0. The number of aryl methyl sites for hydroxylation is 1. The monoisotopic (exact) mass is 281 g/mol. The first kappa shape index (κ1) is 15.0. The summed E-state index contributed by atoms with van der Waals surface area (Å²) >= 11 is 1.13. The first-order valence-corrected chi connectivity index (χ1v) is 6.13. The molecule has 102 valence electrons. The van der Waals surface area contributed by atoms with Gasteiger partial charge >= 0.3 is 12.1 Å². The fourth-order valence-electron chi connectivity index (χ4n) is 1.50. The molecule has 1 unspecified atom stereocenters. The molecule has 1 rings (SSSR count). The van der Waals surface area contributed by atoms with Crippen molar-refractivity contribution >= 4 is 17.3 Å². The van der Waals surface area contributed by atoms with Crippen LogP contribution in [0.2, 0.25) is 0 Å². The zero-order chi connectivity index (χ0) is 13.9. The van der Waals surface area contributed by atoms with E-state index in [1.54, 1.807) is 6.92 Å². The first-order valence-electron chi connectivity index (χ1n) is 5.32. The van der Waals surface area contributed by atoms with Crippen LogP contribution in [0.25, 0.3) is 0 Å². The summed E-state index contributed by atoms with van der Waals surface area (Å²) in [4.78, 5) is 11.7. The van der Waals surface area contributed by atoms with Crippen LogP contribution in [-0.4, -0.2) is 23.3 Å². The molecule has 0 saturated heterocycles. The Balaban J connectivity index is 2.56. The molecule has 0 fully saturated rings. The number of hydrogen-bond donors (Lipinski definition) is 2. The van der Waals surface area contributed by atoms with Crippen LogP contribution in [0.3, 0.4) is 0 Å². The van der Waals surface area contributed by atoms with Gasteiger partial charge in [-0.25, -0.2) is 4.79 Å². The summed E-state index contributed by atoms with van der Waals surface area (Å²) in [5.74, 6) is -1.02. The molecular formula is C11H14F3NO2S. The van der Waals surface area contributed by atoms with Gasteiger partial charge in [0.2, 0.25) is 0 Å². The molecule has 0 amide bonds. The summed E-state index contributed by atoms with van der Waals surface area (Å²) in [5, 5.41) is 11.5. The van der Waals surface area contributed by atoms with E-state index >= 15 is 0 Å². The van der Waals surface area contributed by atoms with Gasteiger partial charge in [0, 0.05) is 17.5 Å². The van der Waals surface area contributed by atoms with Crippen molar-refractivity contribution in [1.82, 2.24) is 5.32 Å². The third kappa shape index (κ3) is 4.66. The molecule has 0 aromatic carbocycles. The van der Waals surface area contributed by atoms with Crippen molar-refractivity contribution in [2.45, 2.75) is 39.0 Å². The van der Waals surface area contributed by atoms with Gasteiger partial charge < -0.3 is 10.4 Å². The maximum Gasteiger partial charge on any atom is 0.390 e. The Morgan fingerprint density at radius 3 is 2.61 bits per heavy atom. The topological polar surface area (TPSA) is 49.3 Å². The highest BCUT2D eigenvalue weighted by Gasteiger charge is 2.29. The highest BCUT2D eigenvalue weighted by Crippen LogP contribution is 2.23. The minimum Gasteiger partial charge on any atom is -0.477 e. The molecule has 1 aromatic heterocycles. The smallest absolute Gasteiger partial charge is 0.390 e. The van der Waals surface area contributed by atoms with E-state index in [0.717, 1.165) is 21.8 Å². The lowest BCUT2D eigenvalue weighted by molar-refractivity contribution is -0.139. The van der Waals surface area contributed by atoms with E-state index in [1.165, 1.54) is 13.0 Å². The van der Waals surface area contributed by atoms with Crippen LogP contribution in [0.1, 0.15) is 33.5 Å². The highest BCUT2D eigenvalue weighted by molar-refractivity contribution is 7.14. The van der Waals surface area contributed by atoms with Gasteiger partial charge in [0.05, 0.1) is 6.42 Å². The number of rotatable bonds is 5. The van der Waals surface area contributed by atoms with E-state index in [0.29, 0.717) is 0 Å². The lowest BCUT2D eigenvalue weighted by atomic mass is 10.2. The van der Waals surface area contributed by atoms with E-state index in [1.807, 2.05) is 0 Å². The molecule has 0 spiro atoms. The molecule has 0 aliphatic rings. The summed E-state index contributed by atoms with van der Waals surface area (Å²) in [5.41, 5.74) is 0.728. The molecule has 1 heterocycles. The van der Waals surface area contributed by atoms with Gasteiger partial charge in [0.1, 0.15) is 4.88 Å². The molecule has 3 nitrogen and oxygen atoms in total. The summed E-state index contributed by atoms with van der Waals surface area (Å²) in [6.07, 6.45) is -5.09.